The minimum absolute atomic E-state index is 0.0572. The molecule has 1 saturated heterocycles. The summed E-state index contributed by atoms with van der Waals surface area (Å²) in [5.74, 6) is -0.338. The van der Waals surface area contributed by atoms with E-state index in [0.29, 0.717) is 24.4 Å². The van der Waals surface area contributed by atoms with Crippen molar-refractivity contribution in [1.29, 1.82) is 0 Å². The van der Waals surface area contributed by atoms with Crippen LogP contribution in [0.2, 0.25) is 0 Å². The molecule has 30 heavy (non-hydrogen) atoms. The monoisotopic (exact) mass is 410 g/mol. The van der Waals surface area contributed by atoms with Crippen molar-refractivity contribution in [3.63, 3.8) is 0 Å². The first-order valence-corrected chi connectivity index (χ1v) is 9.74. The molecule has 0 spiro atoms. The van der Waals surface area contributed by atoms with Crippen LogP contribution in [0.25, 0.3) is 0 Å². The fraction of sp³-hybridized carbons (Fsp3) is 0.318. The number of carbonyl (C=O) groups is 3. The number of rotatable bonds is 8. The lowest BCUT2D eigenvalue weighted by Gasteiger charge is -2.23. The van der Waals surface area contributed by atoms with Crippen molar-refractivity contribution in [3.05, 3.63) is 65.7 Å². The molecule has 2 aromatic carbocycles. The smallest absolute Gasteiger partial charge is 0.344 e. The number of imide groups is 1. The van der Waals surface area contributed by atoms with E-state index in [1.54, 1.807) is 38.3 Å². The number of ether oxygens (including phenoxy) is 1. The maximum Gasteiger partial charge on any atom is 0.344 e. The average Bonchev–Trinajstić information content (AvgIpc) is 2.98. The van der Waals surface area contributed by atoms with Gasteiger partial charge in [0.15, 0.2) is 0 Å². The second-order valence-corrected chi connectivity index (χ2v) is 7.25. The number of nitrogens with zero attached hydrogens (tertiary/aromatic N) is 2. The van der Waals surface area contributed by atoms with E-state index in [9.17, 15) is 14.4 Å². The lowest BCUT2D eigenvalue weighted by molar-refractivity contribution is -0.139. The molecule has 2 aromatic rings. The van der Waals surface area contributed by atoms with E-state index in [1.807, 2.05) is 42.2 Å². The van der Waals surface area contributed by atoms with E-state index in [2.05, 4.69) is 10.7 Å². The first kappa shape index (κ1) is 21.3. The summed E-state index contributed by atoms with van der Waals surface area (Å²) in [5, 5.41) is 3.42. The Hall–Kier alpha value is -3.39. The third kappa shape index (κ3) is 4.44. The van der Waals surface area contributed by atoms with Gasteiger partial charge in [0.2, 0.25) is 0 Å². The van der Waals surface area contributed by atoms with Crippen molar-refractivity contribution in [2.45, 2.75) is 25.9 Å². The second-order valence-electron chi connectivity index (χ2n) is 7.25. The molecule has 8 nitrogen and oxygen atoms in total. The predicted molar refractivity (Wildman–Crippen MR) is 111 cm³/mol. The summed E-state index contributed by atoms with van der Waals surface area (Å²) in [6, 6.07) is 16.0. The Morgan fingerprint density at radius 3 is 2.40 bits per heavy atom. The number of hydrogen-bond donors (Lipinski definition) is 2. The molecule has 0 radical (unpaired) electrons. The Morgan fingerprint density at radius 2 is 1.80 bits per heavy atom. The first-order valence-electron chi connectivity index (χ1n) is 9.74. The molecule has 0 saturated carbocycles. The van der Waals surface area contributed by atoms with Crippen LogP contribution in [0.5, 0.6) is 5.75 Å². The summed E-state index contributed by atoms with van der Waals surface area (Å²) in [4.78, 5) is 39.8. The summed E-state index contributed by atoms with van der Waals surface area (Å²) in [5.41, 5.74) is 2.84. The van der Waals surface area contributed by atoms with Gasteiger partial charge in [0.25, 0.3) is 11.8 Å². The third-order valence-corrected chi connectivity index (χ3v) is 5.16. The highest BCUT2D eigenvalue weighted by atomic mass is 16.5. The molecule has 1 heterocycles. The average molecular weight is 410 g/mol. The van der Waals surface area contributed by atoms with Crippen LogP contribution in [0.1, 0.15) is 25.0 Å². The Morgan fingerprint density at radius 1 is 1.13 bits per heavy atom. The first-order chi connectivity index (χ1) is 14.4. The molecule has 0 unspecified atom stereocenters. The van der Waals surface area contributed by atoms with Crippen LogP contribution in [-0.4, -0.2) is 48.0 Å². The zero-order valence-corrected chi connectivity index (χ0v) is 17.3. The predicted octanol–water partition coefficient (Wildman–Crippen LogP) is 2.02. The topological polar surface area (TPSA) is 91.0 Å². The van der Waals surface area contributed by atoms with Crippen LogP contribution in [0.4, 0.5) is 4.79 Å². The number of amides is 4. The fourth-order valence-electron chi connectivity index (χ4n) is 3.34. The van der Waals surface area contributed by atoms with Crippen molar-refractivity contribution in [3.8, 4) is 5.75 Å². The van der Waals surface area contributed by atoms with E-state index in [0.717, 1.165) is 10.6 Å². The van der Waals surface area contributed by atoms with Crippen LogP contribution < -0.4 is 15.5 Å². The highest BCUT2D eigenvalue weighted by Gasteiger charge is 2.50. The van der Waals surface area contributed by atoms with Gasteiger partial charge in [-0.2, -0.15) is 5.01 Å². The van der Waals surface area contributed by atoms with Gasteiger partial charge in [-0.1, -0.05) is 49.4 Å². The Bertz CT molecular complexity index is 916. The van der Waals surface area contributed by atoms with E-state index in [4.69, 9.17) is 4.74 Å². The zero-order chi connectivity index (χ0) is 21.7. The number of urea groups is 1. The van der Waals surface area contributed by atoms with Gasteiger partial charge in [0, 0.05) is 6.54 Å². The molecular formula is C22H26N4O4. The summed E-state index contributed by atoms with van der Waals surface area (Å²) < 4.78 is 5.13. The standard InChI is InChI=1S/C22H26N4O4/c1-4-25(14-16-8-6-5-7-9-16)15-19(27)24-26-20(28)22(2,23-21(26)29)17-10-12-18(30-3)13-11-17/h5-13H,4,14-15H2,1-3H3,(H,23,29)(H,24,27)/t22-/m1/s1. The van der Waals surface area contributed by atoms with Crippen molar-refractivity contribution in [2.24, 2.45) is 0 Å². The highest BCUT2D eigenvalue weighted by molar-refractivity contribution is 6.08. The van der Waals surface area contributed by atoms with Gasteiger partial charge in [-0.15, -0.1) is 0 Å². The quantitative estimate of drug-likeness (QED) is 0.650. The lowest BCUT2D eigenvalue weighted by atomic mass is 9.92. The molecule has 1 aliphatic rings. The molecule has 1 atom stereocenters. The Labute approximate surface area is 175 Å². The van der Waals surface area contributed by atoms with Crippen LogP contribution in [0.3, 0.4) is 0 Å². The molecule has 1 fully saturated rings. The Balaban J connectivity index is 1.66. The van der Waals surface area contributed by atoms with Gasteiger partial charge in [-0.05, 0) is 36.7 Å². The van der Waals surface area contributed by atoms with E-state index >= 15 is 0 Å². The molecular weight excluding hydrogens is 384 g/mol. The van der Waals surface area contributed by atoms with Gasteiger partial charge in [-0.3, -0.25) is 19.9 Å². The fourth-order valence-corrected chi connectivity index (χ4v) is 3.34. The van der Waals surface area contributed by atoms with E-state index in [1.165, 1.54) is 0 Å². The summed E-state index contributed by atoms with van der Waals surface area (Å²) in [7, 11) is 1.55. The second kappa shape index (κ2) is 8.96. The maximum absolute atomic E-state index is 13.0. The summed E-state index contributed by atoms with van der Waals surface area (Å²) >= 11 is 0. The highest BCUT2D eigenvalue weighted by Crippen LogP contribution is 2.29. The molecule has 158 valence electrons. The maximum atomic E-state index is 13.0. The number of hydrazine groups is 1. The molecule has 4 amide bonds. The van der Waals surface area contributed by atoms with Gasteiger partial charge >= 0.3 is 6.03 Å². The molecule has 0 aromatic heterocycles. The van der Waals surface area contributed by atoms with Crippen molar-refractivity contribution in [1.82, 2.24) is 20.7 Å². The van der Waals surface area contributed by atoms with Crippen molar-refractivity contribution >= 4 is 17.8 Å². The van der Waals surface area contributed by atoms with Gasteiger partial charge < -0.3 is 10.1 Å². The number of likely N-dealkylation sites (N-methyl/N-ethyl adjacent to an activating group) is 1. The van der Waals surface area contributed by atoms with Gasteiger partial charge in [0.1, 0.15) is 11.3 Å². The number of benzene rings is 2. The van der Waals surface area contributed by atoms with Crippen LogP contribution in [-0.2, 0) is 21.7 Å². The van der Waals surface area contributed by atoms with Gasteiger partial charge in [-0.25, -0.2) is 4.79 Å². The number of methoxy groups -OCH3 is 1. The largest absolute Gasteiger partial charge is 0.497 e. The molecule has 8 heteroatoms. The molecule has 3 rings (SSSR count). The number of hydrogen-bond acceptors (Lipinski definition) is 5. The molecule has 2 N–H and O–H groups in total. The van der Waals surface area contributed by atoms with Gasteiger partial charge in [0.05, 0.1) is 13.7 Å². The minimum atomic E-state index is -1.27. The van der Waals surface area contributed by atoms with Crippen LogP contribution >= 0.6 is 0 Å². The summed E-state index contributed by atoms with van der Waals surface area (Å²) in [6.45, 7) is 4.85. The van der Waals surface area contributed by atoms with Crippen molar-refractivity contribution in [2.75, 3.05) is 20.2 Å². The lowest BCUT2D eigenvalue weighted by Crippen LogP contribution is -2.50. The number of carbonyl (C=O) groups excluding carboxylic acids is 3. The number of nitrogens with one attached hydrogen (secondary N) is 2. The minimum Gasteiger partial charge on any atom is -0.497 e. The normalized spacial score (nSPS) is 18.5. The Kier molecular flexibility index (Phi) is 6.37. The molecule has 0 aliphatic carbocycles. The molecule has 0 bridgehead atoms. The third-order valence-electron chi connectivity index (χ3n) is 5.16. The summed E-state index contributed by atoms with van der Waals surface area (Å²) in [6.07, 6.45) is 0. The van der Waals surface area contributed by atoms with Crippen LogP contribution in [0.15, 0.2) is 54.6 Å². The molecule has 1 aliphatic heterocycles. The SMILES string of the molecule is CCN(CC(=O)NN1C(=O)N[C@](C)(c2ccc(OC)cc2)C1=O)Cc1ccccc1. The zero-order valence-electron chi connectivity index (χ0n) is 17.3. The van der Waals surface area contributed by atoms with E-state index in [-0.39, 0.29) is 6.54 Å². The van der Waals surface area contributed by atoms with E-state index < -0.39 is 23.4 Å². The van der Waals surface area contributed by atoms with Crippen LogP contribution in [0, 0.1) is 0 Å². The van der Waals surface area contributed by atoms with Crippen molar-refractivity contribution < 1.29 is 19.1 Å².